The third-order valence-electron chi connectivity index (χ3n) is 4.49. The molecule has 0 heterocycles. The molecule has 1 unspecified atom stereocenters. The fraction of sp³-hybridized carbons (Fsp3) is 1.00. The van der Waals surface area contributed by atoms with E-state index in [1.54, 1.807) is 0 Å². The molecule has 0 saturated carbocycles. The Balaban J connectivity index is 3.35. The first kappa shape index (κ1) is 20.9. The molecule has 0 saturated heterocycles. The van der Waals surface area contributed by atoms with Gasteiger partial charge in [0, 0.05) is 0 Å². The Morgan fingerprint density at radius 3 is 1.48 bits per heavy atom. The average molecular weight is 300 g/mol. The average Bonchev–Trinajstić information content (AvgIpc) is 2.45. The SMILES string of the molecule is CCCCCCCCCC(C)(O)CCCCCCCCN. The Morgan fingerprint density at radius 2 is 1.05 bits per heavy atom. The van der Waals surface area contributed by atoms with Crippen LogP contribution in [-0.4, -0.2) is 17.3 Å². The molecule has 0 aromatic carbocycles. The van der Waals surface area contributed by atoms with Crippen LogP contribution in [0.1, 0.15) is 110 Å². The molecule has 0 fully saturated rings. The van der Waals surface area contributed by atoms with E-state index in [0.29, 0.717) is 0 Å². The maximum atomic E-state index is 10.4. The van der Waals surface area contributed by atoms with Crippen LogP contribution in [0.5, 0.6) is 0 Å². The Bertz CT molecular complexity index is 184. The van der Waals surface area contributed by atoms with E-state index in [-0.39, 0.29) is 0 Å². The largest absolute Gasteiger partial charge is 0.390 e. The predicted octanol–water partition coefficient (Wildman–Crippen LogP) is 5.57. The summed E-state index contributed by atoms with van der Waals surface area (Å²) in [6.45, 7) is 5.11. The normalized spacial score (nSPS) is 14.3. The molecule has 0 aliphatic rings. The summed E-state index contributed by atoms with van der Waals surface area (Å²) in [6.07, 6.45) is 18.7. The second-order valence-electron chi connectivity index (χ2n) is 7.03. The second-order valence-corrected chi connectivity index (χ2v) is 7.03. The molecule has 0 aliphatic heterocycles. The van der Waals surface area contributed by atoms with Crippen molar-refractivity contribution in [3.8, 4) is 0 Å². The summed E-state index contributed by atoms with van der Waals surface area (Å²) in [5.41, 5.74) is 5.06. The maximum Gasteiger partial charge on any atom is 0.0619 e. The van der Waals surface area contributed by atoms with Crippen LogP contribution < -0.4 is 5.73 Å². The van der Waals surface area contributed by atoms with E-state index in [2.05, 4.69) is 6.92 Å². The van der Waals surface area contributed by atoms with Gasteiger partial charge in [-0.1, -0.05) is 84.0 Å². The smallest absolute Gasteiger partial charge is 0.0619 e. The summed E-state index contributed by atoms with van der Waals surface area (Å²) < 4.78 is 0. The highest BCUT2D eigenvalue weighted by Crippen LogP contribution is 2.22. The molecule has 0 bridgehead atoms. The Kier molecular flexibility index (Phi) is 14.8. The minimum absolute atomic E-state index is 0.430. The first-order valence-electron chi connectivity index (χ1n) is 9.55. The van der Waals surface area contributed by atoms with Crippen LogP contribution in [0, 0.1) is 0 Å². The number of aliphatic hydroxyl groups is 1. The third-order valence-corrected chi connectivity index (χ3v) is 4.49. The van der Waals surface area contributed by atoms with Gasteiger partial charge in [0.15, 0.2) is 0 Å². The predicted molar refractivity (Wildman–Crippen MR) is 94.6 cm³/mol. The summed E-state index contributed by atoms with van der Waals surface area (Å²) in [4.78, 5) is 0. The van der Waals surface area contributed by atoms with E-state index >= 15 is 0 Å². The van der Waals surface area contributed by atoms with E-state index in [4.69, 9.17) is 5.73 Å². The van der Waals surface area contributed by atoms with Crippen molar-refractivity contribution < 1.29 is 5.11 Å². The Labute approximate surface area is 133 Å². The molecule has 0 rings (SSSR count). The van der Waals surface area contributed by atoms with Crippen LogP contribution in [0.2, 0.25) is 0 Å². The van der Waals surface area contributed by atoms with Crippen molar-refractivity contribution >= 4 is 0 Å². The van der Waals surface area contributed by atoms with Crippen molar-refractivity contribution in [3.05, 3.63) is 0 Å². The molecule has 0 aromatic heterocycles. The van der Waals surface area contributed by atoms with Gasteiger partial charge in [-0.25, -0.2) is 0 Å². The molecule has 2 heteroatoms. The quantitative estimate of drug-likeness (QED) is 0.366. The van der Waals surface area contributed by atoms with Gasteiger partial charge in [-0.15, -0.1) is 0 Å². The van der Waals surface area contributed by atoms with Crippen molar-refractivity contribution in [3.63, 3.8) is 0 Å². The Hall–Kier alpha value is -0.0800. The van der Waals surface area contributed by atoms with Crippen molar-refractivity contribution in [2.24, 2.45) is 5.73 Å². The van der Waals surface area contributed by atoms with Crippen LogP contribution in [0.4, 0.5) is 0 Å². The van der Waals surface area contributed by atoms with E-state index in [9.17, 15) is 5.11 Å². The molecule has 0 aromatic rings. The fourth-order valence-electron chi connectivity index (χ4n) is 2.95. The zero-order chi connectivity index (χ0) is 15.8. The summed E-state index contributed by atoms with van der Waals surface area (Å²) in [5.74, 6) is 0. The van der Waals surface area contributed by atoms with Crippen molar-refractivity contribution in [2.45, 2.75) is 116 Å². The van der Waals surface area contributed by atoms with Gasteiger partial charge in [0.25, 0.3) is 0 Å². The Morgan fingerprint density at radius 1 is 0.667 bits per heavy atom. The van der Waals surface area contributed by atoms with Gasteiger partial charge in [-0.2, -0.15) is 0 Å². The third kappa shape index (κ3) is 16.1. The highest BCUT2D eigenvalue weighted by atomic mass is 16.3. The van der Waals surface area contributed by atoms with Crippen LogP contribution in [0.15, 0.2) is 0 Å². The standard InChI is InChI=1S/C19H41NO/c1-3-4-5-6-7-10-13-16-19(2,21)17-14-11-8-9-12-15-18-20/h21H,3-18,20H2,1-2H3. The number of unbranched alkanes of at least 4 members (excludes halogenated alkanes) is 11. The molecular formula is C19H41NO. The molecule has 0 spiro atoms. The monoisotopic (exact) mass is 299 g/mol. The fourth-order valence-corrected chi connectivity index (χ4v) is 2.95. The number of nitrogens with two attached hydrogens (primary N) is 1. The van der Waals surface area contributed by atoms with Crippen LogP contribution in [0.3, 0.4) is 0 Å². The molecule has 2 nitrogen and oxygen atoms in total. The number of rotatable bonds is 16. The minimum atomic E-state index is -0.430. The van der Waals surface area contributed by atoms with E-state index in [1.165, 1.54) is 77.0 Å². The van der Waals surface area contributed by atoms with Gasteiger partial charge in [0.2, 0.25) is 0 Å². The molecule has 21 heavy (non-hydrogen) atoms. The van der Waals surface area contributed by atoms with Gasteiger partial charge < -0.3 is 10.8 Å². The minimum Gasteiger partial charge on any atom is -0.390 e. The van der Waals surface area contributed by atoms with Crippen LogP contribution in [0.25, 0.3) is 0 Å². The van der Waals surface area contributed by atoms with Gasteiger partial charge in [-0.05, 0) is 32.7 Å². The summed E-state index contributed by atoms with van der Waals surface area (Å²) >= 11 is 0. The van der Waals surface area contributed by atoms with Crippen molar-refractivity contribution in [2.75, 3.05) is 6.54 Å². The lowest BCUT2D eigenvalue weighted by Gasteiger charge is -2.23. The first-order chi connectivity index (χ1) is 10.1. The van der Waals surface area contributed by atoms with Gasteiger partial charge in [-0.3, -0.25) is 0 Å². The van der Waals surface area contributed by atoms with Crippen molar-refractivity contribution in [1.29, 1.82) is 0 Å². The second kappa shape index (κ2) is 14.8. The van der Waals surface area contributed by atoms with E-state index in [1.807, 2.05) is 6.92 Å². The van der Waals surface area contributed by atoms with E-state index < -0.39 is 5.60 Å². The molecular weight excluding hydrogens is 258 g/mol. The zero-order valence-corrected chi connectivity index (χ0v) is 14.8. The van der Waals surface area contributed by atoms with Gasteiger partial charge >= 0.3 is 0 Å². The lowest BCUT2D eigenvalue weighted by atomic mass is 9.91. The molecule has 0 aliphatic carbocycles. The zero-order valence-electron chi connectivity index (χ0n) is 14.8. The first-order valence-corrected chi connectivity index (χ1v) is 9.55. The van der Waals surface area contributed by atoms with Gasteiger partial charge in [0.1, 0.15) is 0 Å². The topological polar surface area (TPSA) is 46.2 Å². The molecule has 128 valence electrons. The summed E-state index contributed by atoms with van der Waals surface area (Å²) in [5, 5.41) is 10.4. The van der Waals surface area contributed by atoms with Gasteiger partial charge in [0.05, 0.1) is 5.60 Å². The molecule has 0 radical (unpaired) electrons. The molecule has 0 amide bonds. The lowest BCUT2D eigenvalue weighted by Crippen LogP contribution is -2.23. The highest BCUT2D eigenvalue weighted by molar-refractivity contribution is 4.72. The number of hydrogen-bond acceptors (Lipinski definition) is 2. The summed E-state index contributed by atoms with van der Waals surface area (Å²) in [6, 6.07) is 0. The molecule has 1 atom stereocenters. The molecule has 3 N–H and O–H groups in total. The highest BCUT2D eigenvalue weighted by Gasteiger charge is 2.18. The number of hydrogen-bond donors (Lipinski definition) is 2. The van der Waals surface area contributed by atoms with E-state index in [0.717, 1.165) is 25.8 Å². The van der Waals surface area contributed by atoms with Crippen molar-refractivity contribution in [1.82, 2.24) is 0 Å². The maximum absolute atomic E-state index is 10.4. The van der Waals surface area contributed by atoms with Crippen LogP contribution in [-0.2, 0) is 0 Å². The summed E-state index contributed by atoms with van der Waals surface area (Å²) in [7, 11) is 0. The van der Waals surface area contributed by atoms with Crippen LogP contribution >= 0.6 is 0 Å². The lowest BCUT2D eigenvalue weighted by molar-refractivity contribution is 0.0366.